The summed E-state index contributed by atoms with van der Waals surface area (Å²) in [6.45, 7) is 4.74. The maximum absolute atomic E-state index is 9.64. The Balaban J connectivity index is 1.79. The SMILES string of the molecule is CNCCN1CCCCC1CN(C)[C@H]1CC[C@H](O)CC1. The molecule has 0 aromatic rings. The third-order valence-corrected chi connectivity index (χ3v) is 5.19. The zero-order valence-electron chi connectivity index (χ0n) is 13.4. The molecule has 0 amide bonds. The van der Waals surface area contributed by atoms with E-state index in [0.717, 1.165) is 25.4 Å². The van der Waals surface area contributed by atoms with E-state index >= 15 is 0 Å². The Kier molecular flexibility index (Phi) is 6.75. The van der Waals surface area contributed by atoms with E-state index in [1.165, 1.54) is 51.7 Å². The molecule has 2 N–H and O–H groups in total. The maximum atomic E-state index is 9.64. The summed E-state index contributed by atoms with van der Waals surface area (Å²) in [6.07, 6.45) is 8.37. The highest BCUT2D eigenvalue weighted by Gasteiger charge is 2.27. The molecule has 1 atom stereocenters. The van der Waals surface area contributed by atoms with Gasteiger partial charge in [-0.1, -0.05) is 6.42 Å². The van der Waals surface area contributed by atoms with Crippen LogP contribution in [-0.4, -0.2) is 73.4 Å². The minimum absolute atomic E-state index is 0.0403. The predicted octanol–water partition coefficient (Wildman–Crippen LogP) is 1.30. The van der Waals surface area contributed by atoms with Crippen LogP contribution in [0.1, 0.15) is 44.9 Å². The monoisotopic (exact) mass is 283 g/mol. The number of likely N-dealkylation sites (tertiary alicyclic amines) is 1. The minimum atomic E-state index is -0.0403. The fourth-order valence-corrected chi connectivity index (χ4v) is 3.80. The van der Waals surface area contributed by atoms with Gasteiger partial charge in [0.05, 0.1) is 6.10 Å². The molecule has 2 rings (SSSR count). The molecule has 0 bridgehead atoms. The van der Waals surface area contributed by atoms with Gasteiger partial charge in [-0.15, -0.1) is 0 Å². The quantitative estimate of drug-likeness (QED) is 0.771. The molecule has 2 aliphatic rings. The maximum Gasteiger partial charge on any atom is 0.0541 e. The van der Waals surface area contributed by atoms with Crippen LogP contribution in [0.5, 0.6) is 0 Å². The molecule has 1 unspecified atom stereocenters. The van der Waals surface area contributed by atoms with Gasteiger partial charge >= 0.3 is 0 Å². The third kappa shape index (κ3) is 4.69. The van der Waals surface area contributed by atoms with Crippen LogP contribution in [0, 0.1) is 0 Å². The minimum Gasteiger partial charge on any atom is -0.393 e. The molecule has 0 aromatic heterocycles. The Hall–Kier alpha value is -0.160. The smallest absolute Gasteiger partial charge is 0.0541 e. The van der Waals surface area contributed by atoms with Gasteiger partial charge in [-0.25, -0.2) is 0 Å². The fourth-order valence-electron chi connectivity index (χ4n) is 3.80. The standard InChI is InChI=1S/C16H33N3O/c1-17-10-12-19-11-4-3-5-15(19)13-18(2)14-6-8-16(20)9-7-14/h14-17,20H,3-13H2,1-2H3/t14-,15?,16-. The van der Waals surface area contributed by atoms with Crippen molar-refractivity contribution in [3.63, 3.8) is 0 Å². The van der Waals surface area contributed by atoms with Crippen LogP contribution < -0.4 is 5.32 Å². The van der Waals surface area contributed by atoms with Gasteiger partial charge in [-0.2, -0.15) is 0 Å². The molecule has 1 aliphatic carbocycles. The molecule has 20 heavy (non-hydrogen) atoms. The molecular weight excluding hydrogens is 250 g/mol. The van der Waals surface area contributed by atoms with Crippen LogP contribution in [-0.2, 0) is 0 Å². The highest BCUT2D eigenvalue weighted by atomic mass is 16.3. The molecule has 1 saturated heterocycles. The van der Waals surface area contributed by atoms with Crippen LogP contribution in [0.2, 0.25) is 0 Å². The van der Waals surface area contributed by atoms with E-state index in [-0.39, 0.29) is 6.10 Å². The van der Waals surface area contributed by atoms with Crippen LogP contribution in [0.25, 0.3) is 0 Å². The first-order valence-corrected chi connectivity index (χ1v) is 8.47. The Bertz CT molecular complexity index is 266. The second kappa shape index (κ2) is 8.32. The lowest BCUT2D eigenvalue weighted by molar-refractivity contribution is 0.0581. The third-order valence-electron chi connectivity index (χ3n) is 5.19. The van der Waals surface area contributed by atoms with Crippen molar-refractivity contribution in [1.29, 1.82) is 0 Å². The largest absolute Gasteiger partial charge is 0.393 e. The van der Waals surface area contributed by atoms with Crippen molar-refractivity contribution in [2.75, 3.05) is 40.3 Å². The highest BCUT2D eigenvalue weighted by Crippen LogP contribution is 2.24. The van der Waals surface area contributed by atoms with Crippen molar-refractivity contribution in [3.8, 4) is 0 Å². The number of aliphatic hydroxyl groups is 1. The molecule has 1 aliphatic heterocycles. The number of likely N-dealkylation sites (N-methyl/N-ethyl adjacent to an activating group) is 2. The Morgan fingerprint density at radius 1 is 1.15 bits per heavy atom. The second-order valence-electron chi connectivity index (χ2n) is 6.69. The van der Waals surface area contributed by atoms with Gasteiger partial charge in [-0.3, -0.25) is 4.90 Å². The first kappa shape index (κ1) is 16.2. The molecule has 118 valence electrons. The molecule has 1 saturated carbocycles. The molecule has 0 radical (unpaired) electrons. The van der Waals surface area contributed by atoms with Crippen molar-refractivity contribution in [2.24, 2.45) is 0 Å². The van der Waals surface area contributed by atoms with Gasteiger partial charge in [0.2, 0.25) is 0 Å². The lowest BCUT2D eigenvalue weighted by Crippen LogP contribution is -2.50. The lowest BCUT2D eigenvalue weighted by Gasteiger charge is -2.41. The van der Waals surface area contributed by atoms with Gasteiger partial charge in [-0.05, 0) is 59.2 Å². The molecule has 1 heterocycles. The summed E-state index contributed by atoms with van der Waals surface area (Å²) in [5.74, 6) is 0. The molecule has 2 fully saturated rings. The normalized spacial score (nSPS) is 32.7. The summed E-state index contributed by atoms with van der Waals surface area (Å²) < 4.78 is 0. The van der Waals surface area contributed by atoms with Crippen LogP contribution in [0.15, 0.2) is 0 Å². The van der Waals surface area contributed by atoms with Crippen molar-refractivity contribution >= 4 is 0 Å². The second-order valence-corrected chi connectivity index (χ2v) is 6.69. The molecule has 4 nitrogen and oxygen atoms in total. The van der Waals surface area contributed by atoms with Gasteiger partial charge in [0.15, 0.2) is 0 Å². The first-order valence-electron chi connectivity index (χ1n) is 8.47. The Morgan fingerprint density at radius 2 is 1.90 bits per heavy atom. The number of nitrogens with one attached hydrogen (secondary N) is 1. The molecular formula is C16H33N3O. The zero-order chi connectivity index (χ0) is 14.4. The topological polar surface area (TPSA) is 38.7 Å². The summed E-state index contributed by atoms with van der Waals surface area (Å²) in [4.78, 5) is 5.24. The van der Waals surface area contributed by atoms with E-state index in [1.54, 1.807) is 0 Å². The zero-order valence-corrected chi connectivity index (χ0v) is 13.4. The average Bonchev–Trinajstić information content (AvgIpc) is 2.47. The van der Waals surface area contributed by atoms with Gasteiger partial charge in [0.1, 0.15) is 0 Å². The van der Waals surface area contributed by atoms with E-state index < -0.39 is 0 Å². The van der Waals surface area contributed by atoms with E-state index in [0.29, 0.717) is 6.04 Å². The van der Waals surface area contributed by atoms with E-state index in [2.05, 4.69) is 22.2 Å². The van der Waals surface area contributed by atoms with Crippen molar-refractivity contribution in [3.05, 3.63) is 0 Å². The van der Waals surface area contributed by atoms with Crippen LogP contribution in [0.4, 0.5) is 0 Å². The van der Waals surface area contributed by atoms with Crippen molar-refractivity contribution in [1.82, 2.24) is 15.1 Å². The molecule has 0 aromatic carbocycles. The summed E-state index contributed by atoms with van der Waals surface area (Å²) in [5, 5.41) is 12.9. The van der Waals surface area contributed by atoms with Gasteiger partial charge < -0.3 is 15.3 Å². The summed E-state index contributed by atoms with van der Waals surface area (Å²) in [7, 11) is 4.33. The number of aliphatic hydroxyl groups excluding tert-OH is 1. The summed E-state index contributed by atoms with van der Waals surface area (Å²) in [5.41, 5.74) is 0. The van der Waals surface area contributed by atoms with Gasteiger partial charge in [0.25, 0.3) is 0 Å². The Morgan fingerprint density at radius 3 is 2.60 bits per heavy atom. The first-order chi connectivity index (χ1) is 9.70. The van der Waals surface area contributed by atoms with E-state index in [9.17, 15) is 5.11 Å². The fraction of sp³-hybridized carbons (Fsp3) is 1.00. The molecule has 0 spiro atoms. The average molecular weight is 283 g/mol. The molecule has 4 heteroatoms. The van der Waals surface area contributed by atoms with E-state index in [1.807, 2.05) is 7.05 Å². The van der Waals surface area contributed by atoms with Crippen LogP contribution >= 0.6 is 0 Å². The van der Waals surface area contributed by atoms with Crippen LogP contribution in [0.3, 0.4) is 0 Å². The number of rotatable bonds is 6. The number of hydrogen-bond acceptors (Lipinski definition) is 4. The van der Waals surface area contributed by atoms with E-state index in [4.69, 9.17) is 0 Å². The van der Waals surface area contributed by atoms with Gasteiger partial charge in [0, 0.05) is 31.7 Å². The number of hydrogen-bond donors (Lipinski definition) is 2. The Labute approximate surface area is 124 Å². The lowest BCUT2D eigenvalue weighted by atomic mass is 9.91. The van der Waals surface area contributed by atoms with Crippen molar-refractivity contribution < 1.29 is 5.11 Å². The predicted molar refractivity (Wildman–Crippen MR) is 84.0 cm³/mol. The number of piperidine rings is 1. The van der Waals surface area contributed by atoms with Crippen molar-refractivity contribution in [2.45, 2.75) is 63.1 Å². The highest BCUT2D eigenvalue weighted by molar-refractivity contribution is 4.84. The summed E-state index contributed by atoms with van der Waals surface area (Å²) in [6, 6.07) is 1.42. The number of nitrogens with zero attached hydrogens (tertiary/aromatic N) is 2. The summed E-state index contributed by atoms with van der Waals surface area (Å²) >= 11 is 0.